The molecule has 0 aliphatic heterocycles. The van der Waals surface area contributed by atoms with E-state index in [9.17, 15) is 10.1 Å². The van der Waals surface area contributed by atoms with E-state index >= 15 is 0 Å². The molecule has 1 heterocycles. The molecule has 0 aliphatic carbocycles. The molecular weight excluding hydrogens is 212 g/mol. The first kappa shape index (κ1) is 10.1. The van der Waals surface area contributed by atoms with Gasteiger partial charge in [0.1, 0.15) is 0 Å². The number of aryl methyl sites for hydroxylation is 1. The van der Waals surface area contributed by atoms with E-state index in [1.54, 1.807) is 7.05 Å². The molecule has 0 saturated heterocycles. The average Bonchev–Trinajstić information content (AvgIpc) is 2.59. The average molecular weight is 220 g/mol. The Labute approximate surface area is 89.6 Å². The fourth-order valence-corrected chi connectivity index (χ4v) is 1.20. The number of nitrogens with one attached hydrogen (secondary N) is 1. The molecular formula is C9H8N4O3. The van der Waals surface area contributed by atoms with Gasteiger partial charge in [-0.05, 0) is 12.1 Å². The molecule has 1 N–H and O–H groups in total. The van der Waals surface area contributed by atoms with Gasteiger partial charge >= 0.3 is 5.68 Å². The molecule has 7 heteroatoms. The molecule has 0 unspecified atom stereocenters. The van der Waals surface area contributed by atoms with E-state index in [0.29, 0.717) is 5.56 Å². The number of hydrogen-bond donors (Lipinski definition) is 1. The Morgan fingerprint density at radius 1 is 1.44 bits per heavy atom. The third-order valence-electron chi connectivity index (χ3n) is 2.05. The predicted molar refractivity (Wildman–Crippen MR) is 53.4 cm³/mol. The molecule has 2 aromatic rings. The third-order valence-corrected chi connectivity index (χ3v) is 2.05. The van der Waals surface area contributed by atoms with Gasteiger partial charge in [-0.15, -0.1) is 5.10 Å². The van der Waals surface area contributed by atoms with Crippen LogP contribution in [-0.2, 0) is 7.05 Å². The lowest BCUT2D eigenvalue weighted by Gasteiger charge is -1.93. The highest BCUT2D eigenvalue weighted by atomic mass is 16.6. The van der Waals surface area contributed by atoms with Crippen LogP contribution < -0.4 is 5.68 Å². The maximum atomic E-state index is 10.4. The van der Waals surface area contributed by atoms with Crippen molar-refractivity contribution in [2.75, 3.05) is 0 Å². The van der Waals surface area contributed by atoms with Crippen LogP contribution in [0.5, 0.6) is 0 Å². The van der Waals surface area contributed by atoms with Crippen molar-refractivity contribution >= 4 is 5.69 Å². The van der Waals surface area contributed by atoms with E-state index in [1.807, 2.05) is 0 Å². The molecule has 0 radical (unpaired) electrons. The van der Waals surface area contributed by atoms with Crippen molar-refractivity contribution in [3.8, 4) is 11.5 Å². The number of nitro benzene ring substituents is 1. The number of rotatable bonds is 2. The topological polar surface area (TPSA) is 97.9 Å². The molecule has 0 amide bonds. The van der Waals surface area contributed by atoms with E-state index in [1.165, 1.54) is 28.9 Å². The maximum absolute atomic E-state index is 10.4. The van der Waals surface area contributed by atoms with Crippen molar-refractivity contribution in [1.29, 1.82) is 5.41 Å². The van der Waals surface area contributed by atoms with Gasteiger partial charge in [-0.25, -0.2) is 10.1 Å². The zero-order valence-corrected chi connectivity index (χ0v) is 8.38. The van der Waals surface area contributed by atoms with Crippen LogP contribution in [0.3, 0.4) is 0 Å². The molecule has 0 aliphatic rings. The number of hydrogen-bond acceptors (Lipinski definition) is 5. The largest absolute Gasteiger partial charge is 0.404 e. The zero-order valence-electron chi connectivity index (χ0n) is 8.38. The lowest BCUT2D eigenvalue weighted by Crippen LogP contribution is -2.10. The van der Waals surface area contributed by atoms with Gasteiger partial charge < -0.3 is 4.42 Å². The van der Waals surface area contributed by atoms with Crippen LogP contribution in [0, 0.1) is 15.5 Å². The minimum Gasteiger partial charge on any atom is -0.404 e. The molecule has 2 rings (SSSR count). The van der Waals surface area contributed by atoms with Gasteiger partial charge in [0.15, 0.2) is 0 Å². The normalized spacial score (nSPS) is 10.3. The summed E-state index contributed by atoms with van der Waals surface area (Å²) in [6, 6.07) is 5.79. The molecule has 0 atom stereocenters. The number of aromatic nitrogens is 2. The first-order valence-electron chi connectivity index (χ1n) is 4.41. The molecule has 0 saturated carbocycles. The molecule has 16 heavy (non-hydrogen) atoms. The molecule has 0 spiro atoms. The monoisotopic (exact) mass is 220 g/mol. The first-order valence-corrected chi connectivity index (χ1v) is 4.41. The van der Waals surface area contributed by atoms with Gasteiger partial charge in [0, 0.05) is 24.7 Å². The summed E-state index contributed by atoms with van der Waals surface area (Å²) in [5, 5.41) is 21.7. The van der Waals surface area contributed by atoms with E-state index in [4.69, 9.17) is 9.83 Å². The van der Waals surface area contributed by atoms with E-state index in [0.717, 1.165) is 0 Å². The molecule has 7 nitrogen and oxygen atoms in total. The van der Waals surface area contributed by atoms with Crippen LogP contribution in [0.2, 0.25) is 0 Å². The number of benzene rings is 1. The summed E-state index contributed by atoms with van der Waals surface area (Å²) in [6.07, 6.45) is 0. The van der Waals surface area contributed by atoms with Crippen molar-refractivity contribution in [3.63, 3.8) is 0 Å². The van der Waals surface area contributed by atoms with E-state index in [2.05, 4.69) is 5.10 Å². The highest BCUT2D eigenvalue weighted by molar-refractivity contribution is 5.54. The smallest absolute Gasteiger partial charge is 0.312 e. The fourth-order valence-electron chi connectivity index (χ4n) is 1.20. The second-order valence-corrected chi connectivity index (χ2v) is 3.14. The van der Waals surface area contributed by atoms with Crippen LogP contribution >= 0.6 is 0 Å². The Morgan fingerprint density at radius 2 is 2.06 bits per heavy atom. The van der Waals surface area contributed by atoms with Crippen molar-refractivity contribution in [3.05, 3.63) is 40.1 Å². The molecule has 1 aromatic heterocycles. The lowest BCUT2D eigenvalue weighted by atomic mass is 10.2. The maximum Gasteiger partial charge on any atom is 0.312 e. The van der Waals surface area contributed by atoms with Crippen molar-refractivity contribution in [2.24, 2.45) is 7.05 Å². The van der Waals surface area contributed by atoms with Crippen molar-refractivity contribution in [2.45, 2.75) is 0 Å². The van der Waals surface area contributed by atoms with Crippen molar-refractivity contribution in [1.82, 2.24) is 9.78 Å². The standard InChI is InChI=1S/C9H8N4O3/c1-12-9(10)16-8(11-12)6-2-4-7(5-3-6)13(14)15/h2-5,10H,1H3. The fraction of sp³-hybridized carbons (Fsp3) is 0.111. The lowest BCUT2D eigenvalue weighted by molar-refractivity contribution is -0.384. The van der Waals surface area contributed by atoms with E-state index < -0.39 is 4.92 Å². The van der Waals surface area contributed by atoms with Crippen LogP contribution in [0.4, 0.5) is 5.69 Å². The molecule has 82 valence electrons. The molecule has 1 aromatic carbocycles. The second-order valence-electron chi connectivity index (χ2n) is 3.14. The highest BCUT2D eigenvalue weighted by Crippen LogP contribution is 2.19. The SMILES string of the molecule is Cn1nc(-c2ccc([N+](=O)[O-])cc2)oc1=N. The van der Waals surface area contributed by atoms with Gasteiger partial charge in [-0.3, -0.25) is 10.1 Å². The summed E-state index contributed by atoms with van der Waals surface area (Å²) < 4.78 is 6.32. The van der Waals surface area contributed by atoms with Gasteiger partial charge in [0.2, 0.25) is 5.89 Å². The van der Waals surface area contributed by atoms with Gasteiger partial charge in [0.05, 0.1) is 4.92 Å². The molecule has 0 fully saturated rings. The van der Waals surface area contributed by atoms with Gasteiger partial charge in [-0.2, -0.15) is 0 Å². The van der Waals surface area contributed by atoms with Crippen LogP contribution in [0.1, 0.15) is 0 Å². The van der Waals surface area contributed by atoms with Crippen molar-refractivity contribution < 1.29 is 9.34 Å². The summed E-state index contributed by atoms with van der Waals surface area (Å²) in [6.45, 7) is 0. The third kappa shape index (κ3) is 1.70. The molecule has 0 bridgehead atoms. The minimum atomic E-state index is -0.477. The minimum absolute atomic E-state index is 0.00535. The Balaban J connectivity index is 2.42. The van der Waals surface area contributed by atoms with E-state index in [-0.39, 0.29) is 17.3 Å². The number of nitro groups is 1. The number of nitrogens with zero attached hydrogens (tertiary/aromatic N) is 3. The predicted octanol–water partition coefficient (Wildman–Crippen LogP) is 1.07. The Kier molecular flexibility index (Phi) is 2.28. The van der Waals surface area contributed by atoms with Gasteiger partial charge in [-0.1, -0.05) is 0 Å². The van der Waals surface area contributed by atoms with Crippen LogP contribution in [0.25, 0.3) is 11.5 Å². The summed E-state index contributed by atoms with van der Waals surface area (Å²) in [5.74, 6) is 0.266. The summed E-state index contributed by atoms with van der Waals surface area (Å²) >= 11 is 0. The summed E-state index contributed by atoms with van der Waals surface area (Å²) in [4.78, 5) is 9.96. The van der Waals surface area contributed by atoms with Crippen LogP contribution in [-0.4, -0.2) is 14.7 Å². The Hall–Kier alpha value is -2.44. The summed E-state index contributed by atoms with van der Waals surface area (Å²) in [5.41, 5.74) is 0.527. The second kappa shape index (κ2) is 3.61. The summed E-state index contributed by atoms with van der Waals surface area (Å²) in [7, 11) is 1.58. The van der Waals surface area contributed by atoms with Crippen LogP contribution in [0.15, 0.2) is 28.7 Å². The Bertz CT molecular complexity index is 582. The van der Waals surface area contributed by atoms with Gasteiger partial charge in [0.25, 0.3) is 5.69 Å². The number of non-ortho nitro benzene ring substituents is 1. The first-order chi connectivity index (χ1) is 7.58. The quantitative estimate of drug-likeness (QED) is 0.604. The zero-order chi connectivity index (χ0) is 11.7. The highest BCUT2D eigenvalue weighted by Gasteiger charge is 2.09. The Morgan fingerprint density at radius 3 is 2.50 bits per heavy atom.